The summed E-state index contributed by atoms with van der Waals surface area (Å²) in [5.74, 6) is -0.294. The van der Waals surface area contributed by atoms with Crippen LogP contribution in [0.5, 0.6) is 0 Å². The van der Waals surface area contributed by atoms with Crippen molar-refractivity contribution in [1.29, 1.82) is 0 Å². The smallest absolute Gasteiger partial charge is 0.222 e. The summed E-state index contributed by atoms with van der Waals surface area (Å²) in [6.07, 6.45) is 3.29. The van der Waals surface area contributed by atoms with Gasteiger partial charge in [0.25, 0.3) is 0 Å². The van der Waals surface area contributed by atoms with E-state index in [-0.39, 0.29) is 30.3 Å². The highest BCUT2D eigenvalue weighted by atomic mass is 16.2. The van der Waals surface area contributed by atoms with Gasteiger partial charge in [0.1, 0.15) is 12.7 Å². The van der Waals surface area contributed by atoms with Gasteiger partial charge >= 0.3 is 0 Å². The Hall–Kier alpha value is -3.48. The molecule has 0 fully saturated rings. The number of hydrogen-bond donors (Lipinski definition) is 2. The van der Waals surface area contributed by atoms with E-state index in [1.54, 1.807) is 11.0 Å². The second kappa shape index (κ2) is 9.14. The van der Waals surface area contributed by atoms with Gasteiger partial charge in [-0.2, -0.15) is 5.10 Å². The molecule has 0 spiro atoms. The third kappa shape index (κ3) is 5.51. The Kier molecular flexibility index (Phi) is 6.39. The molecule has 0 saturated carbocycles. The normalized spacial score (nSPS) is 12.8. The van der Waals surface area contributed by atoms with Crippen LogP contribution in [0.3, 0.4) is 0 Å². The molecule has 0 bridgehead atoms. The van der Waals surface area contributed by atoms with Crippen molar-refractivity contribution in [1.82, 2.24) is 25.4 Å². The maximum Gasteiger partial charge on any atom is 0.222 e. The molecule has 0 radical (unpaired) electrons. The Bertz CT molecular complexity index is 950. The van der Waals surface area contributed by atoms with E-state index in [1.165, 1.54) is 13.3 Å². The minimum Gasteiger partial charge on any atom is -0.350 e. The van der Waals surface area contributed by atoms with Crippen LogP contribution in [0.1, 0.15) is 49.0 Å². The third-order valence-corrected chi connectivity index (χ3v) is 4.70. The number of carbonyl (C=O) groups is 2. The van der Waals surface area contributed by atoms with Crippen LogP contribution < -0.4 is 10.6 Å². The van der Waals surface area contributed by atoms with Gasteiger partial charge in [-0.25, -0.2) is 9.67 Å². The molecule has 2 amide bonds. The third-order valence-electron chi connectivity index (χ3n) is 4.70. The van der Waals surface area contributed by atoms with Crippen molar-refractivity contribution in [2.24, 2.45) is 0 Å². The average Bonchev–Trinajstić information content (AvgIpc) is 3.22. The molecule has 150 valence electrons. The Morgan fingerprint density at radius 1 is 1.00 bits per heavy atom. The van der Waals surface area contributed by atoms with Crippen molar-refractivity contribution < 1.29 is 9.59 Å². The molecule has 29 heavy (non-hydrogen) atoms. The van der Waals surface area contributed by atoms with Crippen molar-refractivity contribution in [3.05, 3.63) is 77.9 Å². The number of aryl methyl sites for hydroxylation is 1. The van der Waals surface area contributed by atoms with Gasteiger partial charge < -0.3 is 10.6 Å². The van der Waals surface area contributed by atoms with Crippen LogP contribution in [0.2, 0.25) is 0 Å². The molecule has 0 saturated heterocycles. The molecule has 0 aliphatic carbocycles. The van der Waals surface area contributed by atoms with E-state index in [0.29, 0.717) is 0 Å². The first kappa shape index (κ1) is 20.3. The van der Waals surface area contributed by atoms with E-state index in [9.17, 15) is 9.59 Å². The molecule has 3 rings (SSSR count). The van der Waals surface area contributed by atoms with E-state index in [2.05, 4.69) is 20.7 Å². The lowest BCUT2D eigenvalue weighted by molar-refractivity contribution is -0.123. The van der Waals surface area contributed by atoms with E-state index >= 15 is 0 Å². The molecule has 0 aliphatic heterocycles. The predicted molar refractivity (Wildman–Crippen MR) is 110 cm³/mol. The Morgan fingerprint density at radius 2 is 1.66 bits per heavy atom. The zero-order valence-corrected chi connectivity index (χ0v) is 16.8. The first-order valence-corrected chi connectivity index (χ1v) is 9.50. The molecule has 2 aromatic carbocycles. The lowest BCUT2D eigenvalue weighted by atomic mass is 10.0. The average molecular weight is 391 g/mol. The number of nitrogens with one attached hydrogen (secondary N) is 2. The van der Waals surface area contributed by atoms with Crippen LogP contribution >= 0.6 is 0 Å². The molecule has 7 heteroatoms. The van der Waals surface area contributed by atoms with Gasteiger partial charge in [-0.05, 0) is 37.1 Å². The highest BCUT2D eigenvalue weighted by molar-refractivity contribution is 5.79. The summed E-state index contributed by atoms with van der Waals surface area (Å²) in [5, 5.41) is 9.98. The lowest BCUT2D eigenvalue weighted by Gasteiger charge is -2.20. The molecular formula is C22H25N5O2. The number of amides is 2. The fraction of sp³-hybridized carbons (Fsp3) is 0.273. The Morgan fingerprint density at radius 3 is 2.24 bits per heavy atom. The van der Waals surface area contributed by atoms with Crippen molar-refractivity contribution in [3.8, 4) is 5.69 Å². The first-order chi connectivity index (χ1) is 13.9. The van der Waals surface area contributed by atoms with Gasteiger partial charge in [-0.15, -0.1) is 0 Å². The summed E-state index contributed by atoms with van der Waals surface area (Å²) in [6, 6.07) is 15.1. The highest BCUT2D eigenvalue weighted by Gasteiger charge is 2.19. The first-order valence-electron chi connectivity index (χ1n) is 9.50. The summed E-state index contributed by atoms with van der Waals surface area (Å²) in [6.45, 7) is 5.39. The molecule has 7 nitrogen and oxygen atoms in total. The maximum absolute atomic E-state index is 12.6. The fourth-order valence-corrected chi connectivity index (χ4v) is 3.12. The van der Waals surface area contributed by atoms with E-state index in [0.717, 1.165) is 22.4 Å². The van der Waals surface area contributed by atoms with Gasteiger partial charge in [-0.3, -0.25) is 9.59 Å². The van der Waals surface area contributed by atoms with Crippen molar-refractivity contribution in [2.45, 2.75) is 39.3 Å². The van der Waals surface area contributed by atoms with Gasteiger partial charge in [-0.1, -0.05) is 42.0 Å². The van der Waals surface area contributed by atoms with E-state index < -0.39 is 0 Å². The van der Waals surface area contributed by atoms with Gasteiger partial charge in [0, 0.05) is 6.92 Å². The Labute approximate surface area is 170 Å². The summed E-state index contributed by atoms with van der Waals surface area (Å²) in [4.78, 5) is 28.2. The topological polar surface area (TPSA) is 88.9 Å². The van der Waals surface area contributed by atoms with Crippen LogP contribution in [0, 0.1) is 6.92 Å². The standard InChI is InChI=1S/C22H25N5O2/c1-15-4-6-19(7-5-15)21(26-17(3)28)12-22(29)25-16(2)18-8-10-20(11-9-18)27-14-23-13-24-27/h4-11,13-14,16,21H,12H2,1-3H3,(H,25,29)(H,26,28). The summed E-state index contributed by atoms with van der Waals surface area (Å²) in [5.41, 5.74) is 3.91. The number of aromatic nitrogens is 3. The van der Waals surface area contributed by atoms with Crippen molar-refractivity contribution >= 4 is 11.8 Å². The van der Waals surface area contributed by atoms with Gasteiger partial charge in [0.15, 0.2) is 0 Å². The summed E-state index contributed by atoms with van der Waals surface area (Å²) < 4.78 is 1.67. The zero-order valence-electron chi connectivity index (χ0n) is 16.8. The van der Waals surface area contributed by atoms with Crippen LogP contribution in [0.25, 0.3) is 5.69 Å². The van der Waals surface area contributed by atoms with E-state index in [4.69, 9.17) is 0 Å². The van der Waals surface area contributed by atoms with Crippen LogP contribution in [-0.2, 0) is 9.59 Å². The minimum absolute atomic E-state index is 0.128. The predicted octanol–water partition coefficient (Wildman–Crippen LogP) is 3.02. The SMILES string of the molecule is CC(=O)NC(CC(=O)NC(C)c1ccc(-n2cncn2)cc1)c1ccc(C)cc1. The highest BCUT2D eigenvalue weighted by Crippen LogP contribution is 2.20. The molecule has 1 heterocycles. The van der Waals surface area contributed by atoms with Crippen molar-refractivity contribution in [2.75, 3.05) is 0 Å². The molecule has 2 atom stereocenters. The van der Waals surface area contributed by atoms with Crippen LogP contribution in [0.4, 0.5) is 0 Å². The second-order valence-corrected chi connectivity index (χ2v) is 7.09. The van der Waals surface area contributed by atoms with Crippen molar-refractivity contribution in [3.63, 3.8) is 0 Å². The quantitative estimate of drug-likeness (QED) is 0.648. The number of carbonyl (C=O) groups excluding carboxylic acids is 2. The largest absolute Gasteiger partial charge is 0.350 e. The molecule has 3 aromatic rings. The number of rotatable bonds is 7. The molecule has 1 aromatic heterocycles. The Balaban J connectivity index is 1.64. The number of nitrogens with zero attached hydrogens (tertiary/aromatic N) is 3. The fourth-order valence-electron chi connectivity index (χ4n) is 3.12. The number of benzene rings is 2. The monoisotopic (exact) mass is 391 g/mol. The molecule has 2 unspecified atom stereocenters. The number of hydrogen-bond acceptors (Lipinski definition) is 4. The second-order valence-electron chi connectivity index (χ2n) is 7.09. The van der Waals surface area contributed by atoms with Gasteiger partial charge in [0.05, 0.1) is 24.2 Å². The molecule has 0 aliphatic rings. The minimum atomic E-state index is -0.366. The summed E-state index contributed by atoms with van der Waals surface area (Å²) >= 11 is 0. The van der Waals surface area contributed by atoms with Crippen LogP contribution in [-0.4, -0.2) is 26.6 Å². The molecule has 2 N–H and O–H groups in total. The van der Waals surface area contributed by atoms with Crippen LogP contribution in [0.15, 0.2) is 61.2 Å². The van der Waals surface area contributed by atoms with Gasteiger partial charge in [0.2, 0.25) is 11.8 Å². The lowest BCUT2D eigenvalue weighted by Crippen LogP contribution is -2.33. The van der Waals surface area contributed by atoms with E-state index in [1.807, 2.05) is 62.4 Å². The zero-order chi connectivity index (χ0) is 20.8. The maximum atomic E-state index is 12.6. The summed E-state index contributed by atoms with van der Waals surface area (Å²) in [7, 11) is 0. The molecular weight excluding hydrogens is 366 g/mol.